The van der Waals surface area contributed by atoms with Crippen LogP contribution in [0.5, 0.6) is 0 Å². The van der Waals surface area contributed by atoms with Gasteiger partial charge in [0.15, 0.2) is 0 Å². The van der Waals surface area contributed by atoms with Gasteiger partial charge in [-0.15, -0.1) is 0 Å². The highest BCUT2D eigenvalue weighted by Crippen LogP contribution is 2.19. The van der Waals surface area contributed by atoms with Crippen molar-refractivity contribution in [3.05, 3.63) is 88.2 Å². The second kappa shape index (κ2) is 7.94. The Labute approximate surface area is 155 Å². The van der Waals surface area contributed by atoms with E-state index in [9.17, 15) is 4.79 Å². The van der Waals surface area contributed by atoms with E-state index in [1.54, 1.807) is 12.3 Å². The quantitative estimate of drug-likeness (QED) is 0.650. The van der Waals surface area contributed by atoms with Crippen LogP contribution in [0, 0.1) is 6.92 Å². The summed E-state index contributed by atoms with van der Waals surface area (Å²) < 4.78 is 1.02. The van der Waals surface area contributed by atoms with Crippen LogP contribution < -0.4 is 10.6 Å². The Balaban J connectivity index is 1.65. The number of anilines is 2. The van der Waals surface area contributed by atoms with Gasteiger partial charge in [0.2, 0.25) is 0 Å². The molecule has 25 heavy (non-hydrogen) atoms. The summed E-state index contributed by atoms with van der Waals surface area (Å²) in [5, 5.41) is 6.17. The average molecular weight is 396 g/mol. The fraction of sp³-hybridized carbons (Fsp3) is 0.100. The summed E-state index contributed by atoms with van der Waals surface area (Å²) in [6.07, 6.45) is 1.63. The van der Waals surface area contributed by atoms with Crippen molar-refractivity contribution in [3.63, 3.8) is 0 Å². The number of aromatic nitrogens is 1. The monoisotopic (exact) mass is 395 g/mol. The molecule has 1 amide bonds. The molecule has 4 nitrogen and oxygen atoms in total. The summed E-state index contributed by atoms with van der Waals surface area (Å²) >= 11 is 3.41. The predicted molar refractivity (Wildman–Crippen MR) is 104 cm³/mol. The molecular weight excluding hydrogens is 378 g/mol. The van der Waals surface area contributed by atoms with Crippen molar-refractivity contribution in [2.75, 3.05) is 5.32 Å². The first-order valence-corrected chi connectivity index (χ1v) is 8.72. The highest BCUT2D eigenvalue weighted by Gasteiger charge is 2.08. The van der Waals surface area contributed by atoms with Crippen LogP contribution in [0.4, 0.5) is 11.4 Å². The van der Waals surface area contributed by atoms with Crippen LogP contribution in [0.1, 0.15) is 21.6 Å². The fourth-order valence-electron chi connectivity index (χ4n) is 2.43. The number of hydrogen-bond acceptors (Lipinski definition) is 3. The standard InChI is InChI=1S/C20H18BrN3O/c1-14-3-2-4-15(11-14)13-23-20(25)19-12-18(9-10-22-19)24-17-7-5-16(21)6-8-17/h2-12H,13H2,1H3,(H,22,24)(H,23,25). The molecule has 1 heterocycles. The van der Waals surface area contributed by atoms with Crippen molar-refractivity contribution >= 4 is 33.2 Å². The molecule has 0 unspecified atom stereocenters. The van der Waals surface area contributed by atoms with E-state index in [0.29, 0.717) is 12.2 Å². The molecule has 5 heteroatoms. The molecule has 0 aliphatic heterocycles. The largest absolute Gasteiger partial charge is 0.355 e. The van der Waals surface area contributed by atoms with Crippen molar-refractivity contribution in [3.8, 4) is 0 Å². The van der Waals surface area contributed by atoms with E-state index >= 15 is 0 Å². The lowest BCUT2D eigenvalue weighted by Crippen LogP contribution is -2.23. The van der Waals surface area contributed by atoms with E-state index in [0.717, 1.165) is 21.4 Å². The third-order valence-electron chi connectivity index (χ3n) is 3.66. The molecule has 0 bridgehead atoms. The number of halogens is 1. The first kappa shape index (κ1) is 17.2. The number of nitrogens with one attached hydrogen (secondary N) is 2. The highest BCUT2D eigenvalue weighted by molar-refractivity contribution is 9.10. The molecule has 0 radical (unpaired) electrons. The molecule has 0 spiro atoms. The van der Waals surface area contributed by atoms with E-state index in [1.165, 1.54) is 5.56 Å². The first-order valence-electron chi connectivity index (χ1n) is 7.92. The molecule has 0 aliphatic rings. The predicted octanol–water partition coefficient (Wildman–Crippen LogP) is 4.83. The van der Waals surface area contributed by atoms with Gasteiger partial charge in [-0.25, -0.2) is 0 Å². The van der Waals surface area contributed by atoms with Gasteiger partial charge in [0.1, 0.15) is 5.69 Å². The van der Waals surface area contributed by atoms with Gasteiger partial charge in [-0.05, 0) is 48.9 Å². The van der Waals surface area contributed by atoms with E-state index < -0.39 is 0 Å². The summed E-state index contributed by atoms with van der Waals surface area (Å²) in [5.41, 5.74) is 4.39. The van der Waals surface area contributed by atoms with E-state index in [-0.39, 0.29) is 5.91 Å². The molecule has 3 rings (SSSR count). The third kappa shape index (κ3) is 4.90. The van der Waals surface area contributed by atoms with Crippen LogP contribution >= 0.6 is 15.9 Å². The van der Waals surface area contributed by atoms with Crippen LogP contribution in [0.3, 0.4) is 0 Å². The second-order valence-corrected chi connectivity index (χ2v) is 6.65. The minimum absolute atomic E-state index is 0.194. The number of amides is 1. The van der Waals surface area contributed by atoms with E-state index in [1.807, 2.05) is 55.5 Å². The molecule has 1 aromatic heterocycles. The lowest BCUT2D eigenvalue weighted by atomic mass is 10.1. The second-order valence-electron chi connectivity index (χ2n) is 5.73. The maximum Gasteiger partial charge on any atom is 0.270 e. The molecule has 2 N–H and O–H groups in total. The lowest BCUT2D eigenvalue weighted by molar-refractivity contribution is 0.0946. The minimum atomic E-state index is -0.194. The number of aryl methyl sites for hydroxylation is 1. The summed E-state index contributed by atoms with van der Waals surface area (Å²) in [6, 6.07) is 19.5. The smallest absolute Gasteiger partial charge is 0.270 e. The first-order chi connectivity index (χ1) is 12.1. The highest BCUT2D eigenvalue weighted by atomic mass is 79.9. The SMILES string of the molecule is Cc1cccc(CNC(=O)c2cc(Nc3ccc(Br)cc3)ccn2)c1. The third-order valence-corrected chi connectivity index (χ3v) is 4.19. The van der Waals surface area contributed by atoms with Crippen molar-refractivity contribution in [2.45, 2.75) is 13.5 Å². The Kier molecular flexibility index (Phi) is 5.46. The number of rotatable bonds is 5. The van der Waals surface area contributed by atoms with Crippen molar-refractivity contribution < 1.29 is 4.79 Å². The molecule has 2 aromatic carbocycles. The van der Waals surface area contributed by atoms with Crippen LogP contribution in [-0.4, -0.2) is 10.9 Å². The topological polar surface area (TPSA) is 54.0 Å². The number of carbonyl (C=O) groups excluding carboxylic acids is 1. The molecule has 0 aliphatic carbocycles. The number of benzene rings is 2. The summed E-state index contributed by atoms with van der Waals surface area (Å²) in [5.74, 6) is -0.194. The molecule has 0 saturated heterocycles. The maximum absolute atomic E-state index is 12.3. The number of nitrogens with zero attached hydrogens (tertiary/aromatic N) is 1. The Hall–Kier alpha value is -2.66. The van der Waals surface area contributed by atoms with Gasteiger partial charge < -0.3 is 10.6 Å². The summed E-state index contributed by atoms with van der Waals surface area (Å²) in [6.45, 7) is 2.51. The Morgan fingerprint density at radius 3 is 2.60 bits per heavy atom. The molecule has 0 saturated carbocycles. The Bertz CT molecular complexity index is 878. The van der Waals surface area contributed by atoms with Crippen molar-refractivity contribution in [1.29, 1.82) is 0 Å². The van der Waals surface area contributed by atoms with Gasteiger partial charge in [0.05, 0.1) is 0 Å². The molecular formula is C20H18BrN3O. The van der Waals surface area contributed by atoms with E-state index in [4.69, 9.17) is 0 Å². The zero-order valence-corrected chi connectivity index (χ0v) is 15.4. The van der Waals surface area contributed by atoms with Crippen molar-refractivity contribution in [2.24, 2.45) is 0 Å². The summed E-state index contributed by atoms with van der Waals surface area (Å²) in [4.78, 5) is 16.5. The number of carbonyl (C=O) groups is 1. The molecule has 0 atom stereocenters. The normalized spacial score (nSPS) is 10.3. The van der Waals surface area contributed by atoms with E-state index in [2.05, 4.69) is 37.6 Å². The van der Waals surface area contributed by atoms with Gasteiger partial charge >= 0.3 is 0 Å². The van der Waals surface area contributed by atoms with Gasteiger partial charge in [-0.2, -0.15) is 0 Å². The van der Waals surface area contributed by atoms with Crippen LogP contribution in [-0.2, 0) is 6.54 Å². The fourth-order valence-corrected chi connectivity index (χ4v) is 2.69. The summed E-state index contributed by atoms with van der Waals surface area (Å²) in [7, 11) is 0. The number of hydrogen-bond donors (Lipinski definition) is 2. The van der Waals surface area contributed by atoms with Gasteiger partial charge in [-0.3, -0.25) is 9.78 Å². The Morgan fingerprint density at radius 1 is 1.04 bits per heavy atom. The minimum Gasteiger partial charge on any atom is -0.355 e. The van der Waals surface area contributed by atoms with Crippen molar-refractivity contribution in [1.82, 2.24) is 10.3 Å². The zero-order valence-electron chi connectivity index (χ0n) is 13.8. The maximum atomic E-state index is 12.3. The van der Waals surface area contributed by atoms with Gasteiger partial charge in [0.25, 0.3) is 5.91 Å². The van der Waals surface area contributed by atoms with Gasteiger partial charge in [0, 0.05) is 28.6 Å². The average Bonchev–Trinajstić information content (AvgIpc) is 2.62. The Morgan fingerprint density at radius 2 is 1.84 bits per heavy atom. The van der Waals surface area contributed by atoms with Crippen LogP contribution in [0.2, 0.25) is 0 Å². The van der Waals surface area contributed by atoms with Gasteiger partial charge in [-0.1, -0.05) is 45.8 Å². The van der Waals surface area contributed by atoms with Crippen LogP contribution in [0.15, 0.2) is 71.3 Å². The van der Waals surface area contributed by atoms with Crippen LogP contribution in [0.25, 0.3) is 0 Å². The molecule has 0 fully saturated rings. The molecule has 126 valence electrons. The number of pyridine rings is 1. The molecule has 3 aromatic rings. The zero-order chi connectivity index (χ0) is 17.6. The lowest BCUT2D eigenvalue weighted by Gasteiger charge is -2.09.